The molecule has 0 aliphatic heterocycles. The molecule has 2 rings (SSSR count). The molecule has 1 aromatic carbocycles. The molecule has 0 saturated heterocycles. The standard InChI is InChI=1S/C13H16FNO2/c1-8-3-6-11(14)10(7-8)12(13(16)17-2)15-9-4-5-9/h3,6-7,9,12,15H,4-5H2,1-2H3. The lowest BCUT2D eigenvalue weighted by atomic mass is 10.0. The van der Waals surface area contributed by atoms with E-state index in [0.29, 0.717) is 11.6 Å². The first-order valence-corrected chi connectivity index (χ1v) is 5.71. The summed E-state index contributed by atoms with van der Waals surface area (Å²) in [4.78, 5) is 11.7. The molecule has 17 heavy (non-hydrogen) atoms. The molecule has 0 aromatic heterocycles. The van der Waals surface area contributed by atoms with E-state index >= 15 is 0 Å². The Balaban J connectivity index is 2.29. The Morgan fingerprint density at radius 1 is 1.53 bits per heavy atom. The molecule has 3 nitrogen and oxygen atoms in total. The maximum absolute atomic E-state index is 13.7. The van der Waals surface area contributed by atoms with Gasteiger partial charge in [0.25, 0.3) is 0 Å². The Morgan fingerprint density at radius 3 is 2.82 bits per heavy atom. The summed E-state index contributed by atoms with van der Waals surface area (Å²) in [6.45, 7) is 1.87. The maximum atomic E-state index is 13.7. The lowest BCUT2D eigenvalue weighted by Crippen LogP contribution is -2.32. The van der Waals surface area contributed by atoms with Crippen molar-refractivity contribution in [1.29, 1.82) is 0 Å². The number of aryl methyl sites for hydroxylation is 1. The summed E-state index contributed by atoms with van der Waals surface area (Å²) in [5.74, 6) is -0.819. The predicted molar refractivity (Wildman–Crippen MR) is 62.1 cm³/mol. The molecule has 1 saturated carbocycles. The van der Waals surface area contributed by atoms with Crippen molar-refractivity contribution in [2.75, 3.05) is 7.11 Å². The van der Waals surface area contributed by atoms with Crippen LogP contribution in [0.25, 0.3) is 0 Å². The molecule has 1 aromatic rings. The molecular formula is C13H16FNO2. The third-order valence-electron chi connectivity index (χ3n) is 2.88. The number of benzene rings is 1. The highest BCUT2D eigenvalue weighted by molar-refractivity contribution is 5.77. The molecular weight excluding hydrogens is 221 g/mol. The summed E-state index contributed by atoms with van der Waals surface area (Å²) in [5, 5.41) is 3.11. The highest BCUT2D eigenvalue weighted by Crippen LogP contribution is 2.26. The van der Waals surface area contributed by atoms with E-state index in [4.69, 9.17) is 4.74 Å². The van der Waals surface area contributed by atoms with Crippen molar-refractivity contribution < 1.29 is 13.9 Å². The van der Waals surface area contributed by atoms with Gasteiger partial charge in [-0.25, -0.2) is 9.18 Å². The van der Waals surface area contributed by atoms with Crippen LogP contribution in [-0.4, -0.2) is 19.1 Å². The molecule has 1 aliphatic carbocycles. The predicted octanol–water partition coefficient (Wildman–Crippen LogP) is 2.10. The molecule has 1 N–H and O–H groups in total. The van der Waals surface area contributed by atoms with Gasteiger partial charge < -0.3 is 4.74 Å². The molecule has 0 amide bonds. The van der Waals surface area contributed by atoms with Crippen molar-refractivity contribution in [3.63, 3.8) is 0 Å². The fourth-order valence-electron chi connectivity index (χ4n) is 1.77. The second-order valence-corrected chi connectivity index (χ2v) is 4.42. The molecule has 0 heterocycles. The van der Waals surface area contributed by atoms with Crippen molar-refractivity contribution in [3.8, 4) is 0 Å². The molecule has 1 atom stereocenters. The number of halogens is 1. The molecule has 0 spiro atoms. The zero-order valence-electron chi connectivity index (χ0n) is 10.00. The number of esters is 1. The molecule has 1 aliphatic rings. The number of methoxy groups -OCH3 is 1. The minimum atomic E-state index is -0.701. The Bertz CT molecular complexity index is 429. The first-order chi connectivity index (χ1) is 8.11. The van der Waals surface area contributed by atoms with E-state index in [9.17, 15) is 9.18 Å². The van der Waals surface area contributed by atoms with Gasteiger partial charge in [0, 0.05) is 11.6 Å². The Labute approximate surface area is 100.0 Å². The number of nitrogens with one attached hydrogen (secondary N) is 1. The number of carbonyl (C=O) groups is 1. The summed E-state index contributed by atoms with van der Waals surface area (Å²) < 4.78 is 18.5. The fraction of sp³-hybridized carbons (Fsp3) is 0.462. The molecule has 0 bridgehead atoms. The van der Waals surface area contributed by atoms with E-state index in [1.807, 2.05) is 6.92 Å². The van der Waals surface area contributed by atoms with Gasteiger partial charge in [-0.05, 0) is 25.8 Å². The first-order valence-electron chi connectivity index (χ1n) is 5.71. The number of rotatable bonds is 4. The summed E-state index contributed by atoms with van der Waals surface area (Å²) in [6, 6.07) is 4.36. The summed E-state index contributed by atoms with van der Waals surface area (Å²) in [5.41, 5.74) is 1.29. The maximum Gasteiger partial charge on any atom is 0.327 e. The Morgan fingerprint density at radius 2 is 2.24 bits per heavy atom. The van der Waals surface area contributed by atoms with E-state index in [1.54, 1.807) is 12.1 Å². The van der Waals surface area contributed by atoms with Crippen LogP contribution in [0.15, 0.2) is 18.2 Å². The van der Waals surface area contributed by atoms with E-state index in [2.05, 4.69) is 5.32 Å². The van der Waals surface area contributed by atoms with Crippen LogP contribution in [0.4, 0.5) is 4.39 Å². The second-order valence-electron chi connectivity index (χ2n) is 4.42. The van der Waals surface area contributed by atoms with Gasteiger partial charge in [0.05, 0.1) is 7.11 Å². The first kappa shape index (κ1) is 12.0. The molecule has 0 radical (unpaired) electrons. The van der Waals surface area contributed by atoms with Crippen molar-refractivity contribution >= 4 is 5.97 Å². The van der Waals surface area contributed by atoms with Gasteiger partial charge in [-0.15, -0.1) is 0 Å². The average molecular weight is 237 g/mol. The average Bonchev–Trinajstić information content (AvgIpc) is 3.12. The van der Waals surface area contributed by atoms with Gasteiger partial charge in [0.1, 0.15) is 11.9 Å². The number of hydrogen-bond donors (Lipinski definition) is 1. The largest absolute Gasteiger partial charge is 0.468 e. The van der Waals surface area contributed by atoms with Crippen molar-refractivity contribution in [1.82, 2.24) is 5.32 Å². The van der Waals surface area contributed by atoms with Crippen molar-refractivity contribution in [2.24, 2.45) is 0 Å². The lowest BCUT2D eigenvalue weighted by Gasteiger charge is -2.17. The third-order valence-corrected chi connectivity index (χ3v) is 2.88. The van der Waals surface area contributed by atoms with Crippen LogP contribution in [-0.2, 0) is 9.53 Å². The van der Waals surface area contributed by atoms with Crippen LogP contribution < -0.4 is 5.32 Å². The zero-order chi connectivity index (χ0) is 12.4. The van der Waals surface area contributed by atoms with Gasteiger partial charge >= 0.3 is 5.97 Å². The van der Waals surface area contributed by atoms with Crippen LogP contribution in [0.5, 0.6) is 0 Å². The highest BCUT2D eigenvalue weighted by Gasteiger charge is 2.31. The number of hydrogen-bond acceptors (Lipinski definition) is 3. The second kappa shape index (κ2) is 4.84. The minimum absolute atomic E-state index is 0.305. The van der Waals surface area contributed by atoms with Gasteiger partial charge in [-0.2, -0.15) is 0 Å². The molecule has 92 valence electrons. The van der Waals surface area contributed by atoms with Crippen molar-refractivity contribution in [3.05, 3.63) is 35.1 Å². The molecule has 1 unspecified atom stereocenters. The Hall–Kier alpha value is -1.42. The van der Waals surface area contributed by atoms with Gasteiger partial charge in [0.15, 0.2) is 0 Å². The molecule has 4 heteroatoms. The topological polar surface area (TPSA) is 38.3 Å². The lowest BCUT2D eigenvalue weighted by molar-refractivity contribution is -0.143. The van der Waals surface area contributed by atoms with Crippen LogP contribution in [0.2, 0.25) is 0 Å². The summed E-state index contributed by atoms with van der Waals surface area (Å²) in [6.07, 6.45) is 2.06. The van der Waals surface area contributed by atoms with E-state index in [0.717, 1.165) is 18.4 Å². The van der Waals surface area contributed by atoms with Gasteiger partial charge in [-0.3, -0.25) is 5.32 Å². The SMILES string of the molecule is COC(=O)C(NC1CC1)c1cc(C)ccc1F. The fourth-order valence-corrected chi connectivity index (χ4v) is 1.77. The third kappa shape index (κ3) is 2.82. The van der Waals surface area contributed by atoms with Crippen LogP contribution >= 0.6 is 0 Å². The minimum Gasteiger partial charge on any atom is -0.468 e. The number of ether oxygens (including phenoxy) is 1. The smallest absolute Gasteiger partial charge is 0.327 e. The van der Waals surface area contributed by atoms with Gasteiger partial charge in [0.2, 0.25) is 0 Å². The number of carbonyl (C=O) groups excluding carboxylic acids is 1. The van der Waals surface area contributed by atoms with E-state index in [-0.39, 0.29) is 5.82 Å². The van der Waals surface area contributed by atoms with E-state index < -0.39 is 12.0 Å². The highest BCUT2D eigenvalue weighted by atomic mass is 19.1. The quantitative estimate of drug-likeness (QED) is 0.815. The normalized spacial score (nSPS) is 16.6. The van der Waals surface area contributed by atoms with Crippen LogP contribution in [0, 0.1) is 12.7 Å². The van der Waals surface area contributed by atoms with Crippen LogP contribution in [0.1, 0.15) is 30.0 Å². The van der Waals surface area contributed by atoms with Crippen LogP contribution in [0.3, 0.4) is 0 Å². The Kier molecular flexibility index (Phi) is 3.43. The summed E-state index contributed by atoms with van der Waals surface area (Å²) >= 11 is 0. The molecule has 1 fully saturated rings. The monoisotopic (exact) mass is 237 g/mol. The van der Waals surface area contributed by atoms with Crippen molar-refractivity contribution in [2.45, 2.75) is 31.8 Å². The zero-order valence-corrected chi connectivity index (χ0v) is 10.00. The van der Waals surface area contributed by atoms with E-state index in [1.165, 1.54) is 13.2 Å². The van der Waals surface area contributed by atoms with Gasteiger partial charge in [-0.1, -0.05) is 17.7 Å². The summed E-state index contributed by atoms with van der Waals surface area (Å²) in [7, 11) is 1.32.